The second kappa shape index (κ2) is 5.80. The number of hydrogen-bond acceptors (Lipinski definition) is 4. The van der Waals surface area contributed by atoms with Gasteiger partial charge in [-0.05, 0) is 44.0 Å². The minimum Gasteiger partial charge on any atom is -0.379 e. The third-order valence-electron chi connectivity index (χ3n) is 3.11. The van der Waals surface area contributed by atoms with Crippen molar-refractivity contribution in [2.24, 2.45) is 5.73 Å². The number of benzene rings is 1. The van der Waals surface area contributed by atoms with Crippen molar-refractivity contribution in [2.75, 3.05) is 5.32 Å². The number of aromatic nitrogens is 2. The summed E-state index contributed by atoms with van der Waals surface area (Å²) in [6.45, 7) is 7.44. The maximum absolute atomic E-state index is 5.50. The summed E-state index contributed by atoms with van der Waals surface area (Å²) in [5.41, 5.74) is 12.2. The average Bonchev–Trinajstić information content (AvgIpc) is 2.38. The Morgan fingerprint density at radius 3 is 2.11 bits per heavy atom. The fourth-order valence-electron chi connectivity index (χ4n) is 2.23. The van der Waals surface area contributed by atoms with Gasteiger partial charge in [-0.15, -0.1) is 0 Å². The number of rotatable bonds is 4. The number of nitrogens with two attached hydrogens (primary N) is 1. The molecule has 100 valence electrons. The van der Waals surface area contributed by atoms with Crippen LogP contribution in [0, 0.1) is 20.8 Å². The summed E-state index contributed by atoms with van der Waals surface area (Å²) in [5, 5.41) is 11.6. The van der Waals surface area contributed by atoms with Crippen LogP contribution in [0.15, 0.2) is 24.3 Å². The first kappa shape index (κ1) is 13.5. The molecule has 4 nitrogen and oxygen atoms in total. The molecule has 3 N–H and O–H groups in total. The lowest BCUT2D eigenvalue weighted by Gasteiger charge is -2.13. The molecule has 1 heterocycles. The van der Waals surface area contributed by atoms with E-state index in [2.05, 4.69) is 48.4 Å². The fourth-order valence-corrected chi connectivity index (χ4v) is 2.23. The highest BCUT2D eigenvalue weighted by Gasteiger charge is 2.04. The predicted octanol–water partition coefficient (Wildman–Crippen LogP) is 2.47. The third kappa shape index (κ3) is 3.29. The average molecular weight is 256 g/mol. The van der Waals surface area contributed by atoms with Crippen molar-refractivity contribution in [2.45, 2.75) is 33.9 Å². The highest BCUT2D eigenvalue weighted by molar-refractivity contribution is 5.58. The minimum atomic E-state index is 0.427. The van der Waals surface area contributed by atoms with Crippen LogP contribution < -0.4 is 11.1 Å². The molecule has 0 aliphatic carbocycles. The van der Waals surface area contributed by atoms with E-state index < -0.39 is 0 Å². The Kier molecular flexibility index (Phi) is 4.12. The number of nitrogens with one attached hydrogen (secondary N) is 1. The zero-order chi connectivity index (χ0) is 13.8. The van der Waals surface area contributed by atoms with Crippen LogP contribution in [0.5, 0.6) is 0 Å². The number of nitrogens with zero attached hydrogens (tertiary/aromatic N) is 2. The van der Waals surface area contributed by atoms with E-state index in [1.807, 2.05) is 12.1 Å². The summed E-state index contributed by atoms with van der Waals surface area (Å²) in [6, 6.07) is 8.23. The minimum absolute atomic E-state index is 0.427. The van der Waals surface area contributed by atoms with Crippen molar-refractivity contribution < 1.29 is 0 Å². The van der Waals surface area contributed by atoms with Gasteiger partial charge >= 0.3 is 0 Å². The molecule has 0 aliphatic rings. The van der Waals surface area contributed by atoms with E-state index in [0.29, 0.717) is 13.1 Å². The molecular formula is C15H20N4. The molecule has 0 spiro atoms. The quantitative estimate of drug-likeness (QED) is 0.882. The van der Waals surface area contributed by atoms with Gasteiger partial charge in [0.25, 0.3) is 0 Å². The zero-order valence-corrected chi connectivity index (χ0v) is 11.7. The molecule has 0 saturated heterocycles. The summed E-state index contributed by atoms with van der Waals surface area (Å²) >= 11 is 0. The van der Waals surface area contributed by atoms with Crippen molar-refractivity contribution in [3.8, 4) is 0 Å². The van der Waals surface area contributed by atoms with Gasteiger partial charge in [-0.25, -0.2) is 0 Å². The van der Waals surface area contributed by atoms with Gasteiger partial charge in [0.15, 0.2) is 0 Å². The molecule has 1 aromatic carbocycles. The first-order valence-corrected chi connectivity index (χ1v) is 6.43. The second-order valence-corrected chi connectivity index (χ2v) is 4.85. The summed E-state index contributed by atoms with van der Waals surface area (Å²) in [7, 11) is 0. The van der Waals surface area contributed by atoms with Gasteiger partial charge in [-0.3, -0.25) is 0 Å². The standard InChI is InChI=1S/C15H20N4/c1-10-6-11(2)15(12(3)7-10)17-9-14-5-4-13(8-16)18-19-14/h4-7,17H,8-9,16H2,1-3H3. The molecule has 0 saturated carbocycles. The van der Waals surface area contributed by atoms with Gasteiger partial charge in [-0.1, -0.05) is 17.7 Å². The summed E-state index contributed by atoms with van der Waals surface area (Å²) in [6.07, 6.45) is 0. The first-order valence-electron chi connectivity index (χ1n) is 6.43. The van der Waals surface area contributed by atoms with Crippen molar-refractivity contribution >= 4 is 5.69 Å². The molecule has 0 amide bonds. The van der Waals surface area contributed by atoms with Crippen molar-refractivity contribution in [1.29, 1.82) is 0 Å². The first-order chi connectivity index (χ1) is 9.10. The molecule has 2 aromatic rings. The Bertz CT molecular complexity index is 538. The van der Waals surface area contributed by atoms with Crippen LogP contribution in [0.4, 0.5) is 5.69 Å². The van der Waals surface area contributed by atoms with E-state index in [1.165, 1.54) is 22.4 Å². The topological polar surface area (TPSA) is 63.8 Å². The van der Waals surface area contributed by atoms with E-state index in [-0.39, 0.29) is 0 Å². The molecule has 0 unspecified atom stereocenters. The number of hydrogen-bond donors (Lipinski definition) is 2. The number of anilines is 1. The van der Waals surface area contributed by atoms with E-state index >= 15 is 0 Å². The normalized spacial score (nSPS) is 10.5. The van der Waals surface area contributed by atoms with Gasteiger partial charge in [-0.2, -0.15) is 10.2 Å². The van der Waals surface area contributed by atoms with Gasteiger partial charge in [0.1, 0.15) is 0 Å². The highest BCUT2D eigenvalue weighted by atomic mass is 15.1. The van der Waals surface area contributed by atoms with Crippen LogP contribution in [-0.2, 0) is 13.1 Å². The molecule has 2 rings (SSSR count). The van der Waals surface area contributed by atoms with Crippen molar-refractivity contribution in [3.05, 3.63) is 52.3 Å². The molecule has 0 aliphatic heterocycles. The maximum atomic E-state index is 5.50. The molecule has 1 aromatic heterocycles. The highest BCUT2D eigenvalue weighted by Crippen LogP contribution is 2.22. The molecular weight excluding hydrogens is 236 g/mol. The van der Waals surface area contributed by atoms with Crippen molar-refractivity contribution in [1.82, 2.24) is 10.2 Å². The summed E-state index contributed by atoms with van der Waals surface area (Å²) < 4.78 is 0. The van der Waals surface area contributed by atoms with E-state index in [0.717, 1.165) is 11.4 Å². The Morgan fingerprint density at radius 2 is 1.58 bits per heavy atom. The molecule has 0 bridgehead atoms. The predicted molar refractivity (Wildman–Crippen MR) is 77.9 cm³/mol. The Morgan fingerprint density at radius 1 is 1.00 bits per heavy atom. The van der Waals surface area contributed by atoms with Crippen molar-refractivity contribution in [3.63, 3.8) is 0 Å². The van der Waals surface area contributed by atoms with E-state index in [1.54, 1.807) is 0 Å². The lowest BCUT2D eigenvalue weighted by molar-refractivity contribution is 0.852. The molecule has 19 heavy (non-hydrogen) atoms. The van der Waals surface area contributed by atoms with E-state index in [9.17, 15) is 0 Å². The maximum Gasteiger partial charge on any atom is 0.0822 e. The summed E-state index contributed by atoms with van der Waals surface area (Å²) in [5.74, 6) is 0. The Balaban J connectivity index is 2.10. The van der Waals surface area contributed by atoms with E-state index in [4.69, 9.17) is 5.73 Å². The van der Waals surface area contributed by atoms with Crippen LogP contribution in [0.2, 0.25) is 0 Å². The lowest BCUT2D eigenvalue weighted by Crippen LogP contribution is -2.07. The van der Waals surface area contributed by atoms with Crippen LogP contribution in [0.1, 0.15) is 28.1 Å². The SMILES string of the molecule is Cc1cc(C)c(NCc2ccc(CN)nn2)c(C)c1. The fraction of sp³-hybridized carbons (Fsp3) is 0.333. The third-order valence-corrected chi connectivity index (χ3v) is 3.11. The Labute approximate surface area is 114 Å². The molecule has 0 fully saturated rings. The van der Waals surface area contributed by atoms with Gasteiger partial charge in [0.05, 0.1) is 17.9 Å². The van der Waals surface area contributed by atoms with Crippen LogP contribution in [-0.4, -0.2) is 10.2 Å². The van der Waals surface area contributed by atoms with Gasteiger partial charge < -0.3 is 11.1 Å². The van der Waals surface area contributed by atoms with Gasteiger partial charge in [0, 0.05) is 12.2 Å². The van der Waals surface area contributed by atoms with Crippen LogP contribution in [0.25, 0.3) is 0 Å². The second-order valence-electron chi connectivity index (χ2n) is 4.85. The van der Waals surface area contributed by atoms with Gasteiger partial charge in [0.2, 0.25) is 0 Å². The molecule has 4 heteroatoms. The lowest BCUT2D eigenvalue weighted by atomic mass is 10.1. The number of aryl methyl sites for hydroxylation is 3. The Hall–Kier alpha value is -1.94. The zero-order valence-electron chi connectivity index (χ0n) is 11.7. The monoisotopic (exact) mass is 256 g/mol. The molecule has 0 radical (unpaired) electrons. The smallest absolute Gasteiger partial charge is 0.0822 e. The largest absolute Gasteiger partial charge is 0.379 e. The molecule has 0 atom stereocenters. The van der Waals surface area contributed by atoms with Crippen LogP contribution in [0.3, 0.4) is 0 Å². The summed E-state index contributed by atoms with van der Waals surface area (Å²) in [4.78, 5) is 0. The van der Waals surface area contributed by atoms with Crippen LogP contribution >= 0.6 is 0 Å².